The Labute approximate surface area is 360 Å². The highest BCUT2D eigenvalue weighted by Gasteiger charge is 2.50. The largest absolute Gasteiger partial charge is 0.448 e. The van der Waals surface area contributed by atoms with Crippen LogP contribution in [0.5, 0.6) is 0 Å². The number of ether oxygens (including phenoxy) is 1. The zero-order valence-electron chi connectivity index (χ0n) is 31.7. The molecule has 58 heavy (non-hydrogen) atoms. The minimum atomic E-state index is -3.14. The predicted molar refractivity (Wildman–Crippen MR) is 230 cm³/mol. The van der Waals surface area contributed by atoms with E-state index >= 15 is 4.39 Å². The van der Waals surface area contributed by atoms with Gasteiger partial charge in [-0.25, -0.2) is 24.1 Å². The van der Waals surface area contributed by atoms with E-state index in [9.17, 15) is 18.8 Å². The number of fused-ring (bicyclic) bond motifs is 6. The lowest BCUT2D eigenvalue weighted by Crippen LogP contribution is -2.45. The van der Waals surface area contributed by atoms with Gasteiger partial charge in [-0.05, 0) is 90.0 Å². The maximum Gasteiger partial charge on any atom is 0.410 e. The number of carbonyl (C=O) groups excluding carboxylic acids is 1. The number of rotatable bonds is 9. The molecule has 10 rings (SSSR count). The van der Waals surface area contributed by atoms with E-state index in [0.717, 1.165) is 30.6 Å². The van der Waals surface area contributed by atoms with Crippen molar-refractivity contribution in [2.24, 2.45) is 11.8 Å². The van der Waals surface area contributed by atoms with Gasteiger partial charge in [0.1, 0.15) is 30.0 Å². The highest BCUT2D eigenvalue weighted by Crippen LogP contribution is 2.47. The molecule has 5 fully saturated rings. The average Bonchev–Trinajstić information content (AvgIpc) is 4.00. The number of H-pyrrole nitrogens is 1. The topological polar surface area (TPSA) is 123 Å². The molecule has 1 saturated carbocycles. The fourth-order valence-electron chi connectivity index (χ4n) is 8.97. The van der Waals surface area contributed by atoms with E-state index in [0.29, 0.717) is 64.5 Å². The van der Waals surface area contributed by atoms with Crippen LogP contribution in [0, 0.1) is 35.9 Å². The van der Waals surface area contributed by atoms with Gasteiger partial charge in [-0.15, -0.1) is 0 Å². The molecule has 10 nitrogen and oxygen atoms in total. The number of hydrogen-bond donors (Lipinski definition) is 2. The summed E-state index contributed by atoms with van der Waals surface area (Å²) in [6.07, 6.45) is 4.67. The Morgan fingerprint density at radius 3 is 2.66 bits per heavy atom. The van der Waals surface area contributed by atoms with Crippen LogP contribution in [0.3, 0.4) is 0 Å². The van der Waals surface area contributed by atoms with Crippen LogP contribution in [0.1, 0.15) is 61.3 Å². The van der Waals surface area contributed by atoms with E-state index in [1.165, 1.54) is 34.4 Å². The molecule has 0 radical (unpaired) electrons. The van der Waals surface area contributed by atoms with E-state index in [1.54, 1.807) is 30.0 Å². The summed E-state index contributed by atoms with van der Waals surface area (Å²) in [5.74, 6) is -1.80. The molecule has 1 amide bonds. The van der Waals surface area contributed by atoms with Gasteiger partial charge in [0.2, 0.25) is 0 Å². The van der Waals surface area contributed by atoms with E-state index in [2.05, 4.69) is 47.5 Å². The lowest BCUT2D eigenvalue weighted by molar-refractivity contribution is 0.0126. The minimum absolute atomic E-state index is 0.126. The maximum atomic E-state index is 16.8. The highest BCUT2D eigenvalue weighted by molar-refractivity contribution is 14.2. The van der Waals surface area contributed by atoms with Gasteiger partial charge < -0.3 is 19.9 Å². The molecule has 304 valence electrons. The molecular weight excluding hydrogens is 923 g/mol. The van der Waals surface area contributed by atoms with Crippen LogP contribution in [-0.2, 0) is 17.1 Å². The zero-order valence-corrected chi connectivity index (χ0v) is 36.2. The monoisotopic (exact) mass is 962 g/mol. The van der Waals surface area contributed by atoms with Crippen molar-refractivity contribution in [2.75, 3.05) is 36.9 Å². The number of halogens is 6. The molecule has 3 atom stereocenters. The molecule has 5 aromatic rings. The third-order valence-electron chi connectivity index (χ3n) is 11.7. The summed E-state index contributed by atoms with van der Waals surface area (Å²) in [6.45, 7) is 4.92. The normalized spacial score (nSPS) is 22.2. The summed E-state index contributed by atoms with van der Waals surface area (Å²) in [5, 5.41) is 14.6. The van der Waals surface area contributed by atoms with Crippen LogP contribution in [0.4, 0.5) is 23.8 Å². The number of amides is 1. The van der Waals surface area contributed by atoms with Crippen LogP contribution in [0.2, 0.25) is 10.0 Å². The summed E-state index contributed by atoms with van der Waals surface area (Å²) in [7, 11) is 1.53. The third-order valence-corrected chi connectivity index (χ3v) is 14.2. The van der Waals surface area contributed by atoms with Gasteiger partial charge in [-0.2, -0.15) is 14.0 Å². The van der Waals surface area contributed by atoms with Crippen molar-refractivity contribution < 1.29 is 22.7 Å². The molecule has 5 aliphatic rings. The first-order valence-electron chi connectivity index (χ1n) is 19.2. The van der Waals surface area contributed by atoms with E-state index in [-0.39, 0.29) is 58.2 Å². The van der Waals surface area contributed by atoms with Crippen LogP contribution >= 0.6 is 53.3 Å². The summed E-state index contributed by atoms with van der Waals surface area (Å²) in [4.78, 5) is 33.8. The Hall–Kier alpha value is -3.56. The molecule has 7 heterocycles. The molecule has 2 aromatic carbocycles. The fourth-order valence-corrected chi connectivity index (χ4v) is 10.1. The van der Waals surface area contributed by atoms with E-state index in [4.69, 9.17) is 32.9 Å². The number of nitrogens with zero attached hydrogens (tertiary/aromatic N) is 6. The summed E-state index contributed by atoms with van der Waals surface area (Å²) >= 11 is 15.1. The predicted octanol–water partition coefficient (Wildman–Crippen LogP) is 10.3. The number of aromatic amines is 1. The number of nitriles is 1. The second kappa shape index (κ2) is 16.8. The lowest BCUT2D eigenvalue weighted by atomic mass is 9.87. The van der Waals surface area contributed by atoms with Gasteiger partial charge in [0.05, 0.1) is 33.7 Å². The summed E-state index contributed by atoms with van der Waals surface area (Å²) in [6, 6.07) is 12.4. The number of pyridine rings is 1. The Balaban J connectivity index is 0.000000708. The van der Waals surface area contributed by atoms with Gasteiger partial charge >= 0.3 is 6.09 Å². The number of likely N-dealkylation sites (tertiary alicyclic amines) is 1. The highest BCUT2D eigenvalue weighted by atomic mass is 127. The molecule has 3 unspecified atom stereocenters. The van der Waals surface area contributed by atoms with Crippen LogP contribution in [0.15, 0.2) is 42.7 Å². The fraction of sp³-hybridized carbons (Fsp3) is 0.439. The average molecular weight is 964 g/mol. The molecular formula is C41H40Cl2F3IN8O2S. The SMILES string of the molecule is C1NC2CC1C2.Cc1nc2c(F)c(-c3cccc(Cl)c3Cl)c(CCC#N)cc2c2[nH]c(C3C4CC(CN(c5cc(C(C)(F)F)ncn5)C4)N3C(=O)OCCSI)cc12. The second-order valence-corrected chi connectivity index (χ2v) is 18.8. The number of aryl methyl sites for hydroxylation is 2. The maximum absolute atomic E-state index is 16.8. The smallest absolute Gasteiger partial charge is 0.410 e. The Bertz CT molecular complexity index is 2410. The van der Waals surface area contributed by atoms with Crippen molar-refractivity contribution in [1.82, 2.24) is 30.2 Å². The molecule has 4 aliphatic heterocycles. The number of carbonyl (C=O) groups is 1. The van der Waals surface area contributed by atoms with E-state index < -0.39 is 23.9 Å². The molecule has 1 aliphatic carbocycles. The first-order chi connectivity index (χ1) is 27.9. The Morgan fingerprint density at radius 2 is 1.97 bits per heavy atom. The van der Waals surface area contributed by atoms with Gasteiger partial charge in [0.25, 0.3) is 5.92 Å². The van der Waals surface area contributed by atoms with Gasteiger partial charge in [-0.3, -0.25) is 4.90 Å². The van der Waals surface area contributed by atoms with Gasteiger partial charge in [0.15, 0.2) is 5.82 Å². The quantitative estimate of drug-likeness (QED) is 0.110. The Kier molecular flexibility index (Phi) is 12.0. The molecule has 2 N–H and O–H groups in total. The third kappa shape index (κ3) is 7.91. The lowest BCUT2D eigenvalue weighted by Gasteiger charge is -2.33. The molecule has 4 bridgehead atoms. The van der Waals surface area contributed by atoms with Crippen molar-refractivity contribution >= 4 is 87.1 Å². The van der Waals surface area contributed by atoms with Crippen LogP contribution in [0.25, 0.3) is 32.9 Å². The van der Waals surface area contributed by atoms with Crippen molar-refractivity contribution in [1.29, 1.82) is 5.26 Å². The molecule has 4 saturated heterocycles. The first kappa shape index (κ1) is 41.2. The van der Waals surface area contributed by atoms with Crippen LogP contribution in [-0.4, -0.2) is 75.0 Å². The second-order valence-electron chi connectivity index (χ2n) is 15.5. The van der Waals surface area contributed by atoms with Gasteiger partial charge in [-0.1, -0.05) is 44.3 Å². The number of aromatic nitrogens is 4. The van der Waals surface area contributed by atoms with Crippen molar-refractivity contribution in [3.05, 3.63) is 81.2 Å². The van der Waals surface area contributed by atoms with Crippen LogP contribution < -0.4 is 10.2 Å². The number of alkyl halides is 2. The standard InChI is InChI=1S/C36H31Cl2F3IN7O2S.C5H9N/c1-18-23-13-26(47-32(23)24-12-19(5-4-8-43)29(31(39)33(24)46-18)22-6-3-7-25(37)30(22)38)34-20-11-21(49(34)35(50)51-9-10-52-42)16-48(15-20)28-14-27(36(2,40)41)44-17-45-28;1-4-2-5(1)6-3-4/h3,6-7,12-14,17,20-21,34,47H,4-5,9-11,15-16H2,1-2H3;4-6H,1-3H2. The molecule has 0 spiro atoms. The van der Waals surface area contributed by atoms with Crippen molar-refractivity contribution in [3.63, 3.8) is 0 Å². The first-order valence-corrected chi connectivity index (χ1v) is 23.5. The zero-order chi connectivity index (χ0) is 40.9. The van der Waals surface area contributed by atoms with Gasteiger partial charge in [0, 0.05) is 83.5 Å². The number of benzene rings is 2. The van der Waals surface area contributed by atoms with Crippen molar-refractivity contribution in [3.8, 4) is 17.2 Å². The number of anilines is 1. The van der Waals surface area contributed by atoms with Crippen molar-refractivity contribution in [2.45, 2.75) is 70.0 Å². The Morgan fingerprint density at radius 1 is 1.16 bits per heavy atom. The number of nitrogens with one attached hydrogen (secondary N) is 2. The number of hydrogen-bond acceptors (Lipinski definition) is 9. The summed E-state index contributed by atoms with van der Waals surface area (Å²) in [5.41, 5.74) is 2.89. The van der Waals surface area contributed by atoms with E-state index in [1.807, 2.05) is 17.0 Å². The number of piperidine rings is 1. The molecule has 17 heteroatoms. The minimum Gasteiger partial charge on any atom is -0.448 e. The summed E-state index contributed by atoms with van der Waals surface area (Å²) < 4.78 is 51.0. The molecule has 3 aromatic heterocycles.